The monoisotopic (exact) mass is 242 g/mol. The fourth-order valence-electron chi connectivity index (χ4n) is 1.06. The van der Waals surface area contributed by atoms with Crippen molar-refractivity contribution in [2.45, 2.75) is 13.3 Å². The molecule has 0 fully saturated rings. The van der Waals surface area contributed by atoms with Gasteiger partial charge in [-0.1, -0.05) is 28.9 Å². The van der Waals surface area contributed by atoms with Gasteiger partial charge < -0.3 is 0 Å². The Kier molecular flexibility index (Phi) is 3.45. The predicted molar refractivity (Wildman–Crippen MR) is 55.2 cm³/mol. The molecule has 1 amide bonds. The molecule has 1 rings (SSSR count). The standard InChI is InChI=1S/C9H11BrN2O/c1-2-6-3-4-7(5-8(6)10)9(13)12-11/h3-5H,2,11H2,1H3,(H,12,13). The number of amides is 1. The molecule has 0 radical (unpaired) electrons. The maximum atomic E-state index is 11.1. The highest BCUT2D eigenvalue weighted by atomic mass is 79.9. The summed E-state index contributed by atoms with van der Waals surface area (Å²) in [6.45, 7) is 2.06. The highest BCUT2D eigenvalue weighted by molar-refractivity contribution is 9.10. The second kappa shape index (κ2) is 4.39. The molecule has 0 unspecified atom stereocenters. The molecule has 0 saturated heterocycles. The van der Waals surface area contributed by atoms with Gasteiger partial charge in [0, 0.05) is 10.0 Å². The number of nitrogens with one attached hydrogen (secondary N) is 1. The number of nitrogen functional groups attached to an aromatic ring is 1. The SMILES string of the molecule is CCc1ccc(C(=O)NN)cc1Br. The molecule has 0 saturated carbocycles. The van der Waals surface area contributed by atoms with Gasteiger partial charge in [-0.2, -0.15) is 0 Å². The van der Waals surface area contributed by atoms with Crippen LogP contribution < -0.4 is 11.3 Å². The Morgan fingerprint density at radius 1 is 1.62 bits per heavy atom. The molecule has 0 aliphatic heterocycles. The quantitative estimate of drug-likeness (QED) is 0.471. The summed E-state index contributed by atoms with van der Waals surface area (Å²) in [5, 5.41) is 0. The van der Waals surface area contributed by atoms with Crippen LogP contribution in [0.4, 0.5) is 0 Å². The molecule has 3 N–H and O–H groups in total. The fraction of sp³-hybridized carbons (Fsp3) is 0.222. The average molecular weight is 243 g/mol. The van der Waals surface area contributed by atoms with Crippen LogP contribution in [0.5, 0.6) is 0 Å². The molecular weight excluding hydrogens is 232 g/mol. The van der Waals surface area contributed by atoms with Crippen molar-refractivity contribution in [3.8, 4) is 0 Å². The summed E-state index contributed by atoms with van der Waals surface area (Å²) < 4.78 is 0.941. The van der Waals surface area contributed by atoms with Gasteiger partial charge in [0.1, 0.15) is 0 Å². The van der Waals surface area contributed by atoms with Crippen LogP contribution in [-0.4, -0.2) is 5.91 Å². The number of hydrogen-bond donors (Lipinski definition) is 2. The first-order valence-corrected chi connectivity index (χ1v) is 4.77. The van der Waals surface area contributed by atoms with E-state index in [0.29, 0.717) is 5.56 Å². The molecule has 13 heavy (non-hydrogen) atoms. The first-order valence-electron chi connectivity index (χ1n) is 3.98. The van der Waals surface area contributed by atoms with E-state index in [2.05, 4.69) is 28.3 Å². The Balaban J connectivity index is 3.02. The number of nitrogens with two attached hydrogens (primary N) is 1. The van der Waals surface area contributed by atoms with Gasteiger partial charge in [0.2, 0.25) is 0 Å². The van der Waals surface area contributed by atoms with Gasteiger partial charge in [-0.15, -0.1) is 0 Å². The summed E-state index contributed by atoms with van der Waals surface area (Å²) >= 11 is 3.38. The molecule has 0 aliphatic rings. The molecule has 0 spiro atoms. The lowest BCUT2D eigenvalue weighted by Crippen LogP contribution is -2.29. The number of carbonyl (C=O) groups is 1. The molecule has 70 valence electrons. The van der Waals surface area contributed by atoms with Crippen molar-refractivity contribution >= 4 is 21.8 Å². The third kappa shape index (κ3) is 2.29. The van der Waals surface area contributed by atoms with Crippen molar-refractivity contribution in [3.05, 3.63) is 33.8 Å². The lowest BCUT2D eigenvalue weighted by atomic mass is 10.1. The van der Waals surface area contributed by atoms with Crippen LogP contribution in [0.3, 0.4) is 0 Å². The normalized spacial score (nSPS) is 9.77. The number of hydrazine groups is 1. The zero-order valence-corrected chi connectivity index (χ0v) is 8.89. The van der Waals surface area contributed by atoms with Crippen LogP contribution in [0.1, 0.15) is 22.8 Å². The maximum absolute atomic E-state index is 11.1. The lowest BCUT2D eigenvalue weighted by Gasteiger charge is -2.03. The van der Waals surface area contributed by atoms with E-state index in [0.717, 1.165) is 10.9 Å². The van der Waals surface area contributed by atoms with Crippen molar-refractivity contribution < 1.29 is 4.79 Å². The first kappa shape index (κ1) is 10.2. The minimum absolute atomic E-state index is 0.275. The van der Waals surface area contributed by atoms with Crippen molar-refractivity contribution in [3.63, 3.8) is 0 Å². The summed E-state index contributed by atoms with van der Waals surface area (Å²) in [5.41, 5.74) is 3.82. The number of halogens is 1. The molecule has 0 aromatic heterocycles. The second-order valence-electron chi connectivity index (χ2n) is 2.63. The maximum Gasteiger partial charge on any atom is 0.265 e. The topological polar surface area (TPSA) is 55.1 Å². The van der Waals surface area contributed by atoms with Crippen molar-refractivity contribution in [1.82, 2.24) is 5.43 Å². The van der Waals surface area contributed by atoms with E-state index < -0.39 is 0 Å². The molecule has 1 aromatic rings. The van der Waals surface area contributed by atoms with Crippen LogP contribution in [-0.2, 0) is 6.42 Å². The summed E-state index contributed by atoms with van der Waals surface area (Å²) in [5.74, 6) is 4.74. The highest BCUT2D eigenvalue weighted by Crippen LogP contribution is 2.18. The molecule has 3 nitrogen and oxygen atoms in total. The lowest BCUT2D eigenvalue weighted by molar-refractivity contribution is 0.0953. The van der Waals surface area contributed by atoms with E-state index in [1.165, 1.54) is 5.56 Å². The molecular formula is C9H11BrN2O. The third-order valence-electron chi connectivity index (χ3n) is 1.83. The van der Waals surface area contributed by atoms with Crippen LogP contribution >= 0.6 is 15.9 Å². The Labute approximate surface area is 85.4 Å². The van der Waals surface area contributed by atoms with E-state index in [4.69, 9.17) is 5.84 Å². The zero-order valence-electron chi connectivity index (χ0n) is 7.30. The van der Waals surface area contributed by atoms with Gasteiger partial charge in [0.15, 0.2) is 0 Å². The number of carbonyl (C=O) groups excluding carboxylic acids is 1. The summed E-state index contributed by atoms with van der Waals surface area (Å²) in [6.07, 6.45) is 0.936. The van der Waals surface area contributed by atoms with Gasteiger partial charge >= 0.3 is 0 Å². The molecule has 4 heteroatoms. The molecule has 1 aromatic carbocycles. The number of aryl methyl sites for hydroxylation is 1. The van der Waals surface area contributed by atoms with Crippen LogP contribution in [0, 0.1) is 0 Å². The van der Waals surface area contributed by atoms with Gasteiger partial charge in [0.05, 0.1) is 0 Å². The largest absolute Gasteiger partial charge is 0.290 e. The third-order valence-corrected chi connectivity index (χ3v) is 2.57. The van der Waals surface area contributed by atoms with Crippen molar-refractivity contribution in [1.29, 1.82) is 0 Å². The Bertz CT molecular complexity index is 325. The van der Waals surface area contributed by atoms with E-state index in [9.17, 15) is 4.79 Å². The number of hydrogen-bond acceptors (Lipinski definition) is 2. The van der Waals surface area contributed by atoms with Crippen molar-refractivity contribution in [2.75, 3.05) is 0 Å². The van der Waals surface area contributed by atoms with Crippen LogP contribution in [0.2, 0.25) is 0 Å². The van der Waals surface area contributed by atoms with Gasteiger partial charge in [-0.25, -0.2) is 5.84 Å². The number of rotatable bonds is 2. The van der Waals surface area contributed by atoms with E-state index in [1.807, 2.05) is 6.07 Å². The minimum atomic E-state index is -0.275. The molecule has 0 bridgehead atoms. The Morgan fingerprint density at radius 2 is 2.31 bits per heavy atom. The van der Waals surface area contributed by atoms with Crippen LogP contribution in [0.25, 0.3) is 0 Å². The molecule has 0 aliphatic carbocycles. The zero-order chi connectivity index (χ0) is 9.84. The van der Waals surface area contributed by atoms with E-state index in [1.54, 1.807) is 12.1 Å². The van der Waals surface area contributed by atoms with E-state index >= 15 is 0 Å². The average Bonchev–Trinajstić information content (AvgIpc) is 2.16. The fourth-order valence-corrected chi connectivity index (χ4v) is 1.72. The summed E-state index contributed by atoms with van der Waals surface area (Å²) in [6, 6.07) is 5.43. The smallest absolute Gasteiger partial charge is 0.265 e. The minimum Gasteiger partial charge on any atom is -0.290 e. The van der Waals surface area contributed by atoms with Crippen LogP contribution in [0.15, 0.2) is 22.7 Å². The van der Waals surface area contributed by atoms with Gasteiger partial charge in [0.25, 0.3) is 5.91 Å². The molecule has 0 atom stereocenters. The van der Waals surface area contributed by atoms with Gasteiger partial charge in [-0.05, 0) is 24.1 Å². The number of benzene rings is 1. The van der Waals surface area contributed by atoms with Gasteiger partial charge in [-0.3, -0.25) is 10.2 Å². The molecule has 0 heterocycles. The predicted octanol–water partition coefficient (Wildman–Crippen LogP) is 1.61. The second-order valence-corrected chi connectivity index (χ2v) is 3.49. The Morgan fingerprint density at radius 3 is 2.77 bits per heavy atom. The summed E-state index contributed by atoms with van der Waals surface area (Å²) in [7, 11) is 0. The highest BCUT2D eigenvalue weighted by Gasteiger charge is 2.05. The van der Waals surface area contributed by atoms with Crippen molar-refractivity contribution in [2.24, 2.45) is 5.84 Å². The summed E-state index contributed by atoms with van der Waals surface area (Å²) in [4.78, 5) is 11.1. The Hall–Kier alpha value is -0.870. The van der Waals surface area contributed by atoms with E-state index in [-0.39, 0.29) is 5.91 Å². The first-order chi connectivity index (χ1) is 6.19.